The number of nitrogens with zero attached hydrogens (tertiary/aromatic N) is 1. The Labute approximate surface area is 90.9 Å². The highest BCUT2D eigenvalue weighted by atomic mass is 19.1. The van der Waals surface area contributed by atoms with Crippen LogP contribution in [0.5, 0.6) is 0 Å². The average Bonchev–Trinajstić information content (AvgIpc) is 2.17. The summed E-state index contributed by atoms with van der Waals surface area (Å²) in [6.45, 7) is 6.21. The summed E-state index contributed by atoms with van der Waals surface area (Å²) >= 11 is 0. The van der Waals surface area contributed by atoms with Gasteiger partial charge in [0.2, 0.25) is 0 Å². The molecule has 1 rings (SSSR count). The van der Waals surface area contributed by atoms with E-state index in [-0.39, 0.29) is 11.2 Å². The fraction of sp³-hybridized carbons (Fsp3) is 0.583. The summed E-state index contributed by atoms with van der Waals surface area (Å²) in [6.07, 6.45) is 3.82. The van der Waals surface area contributed by atoms with Gasteiger partial charge in [-0.05, 0) is 37.4 Å². The van der Waals surface area contributed by atoms with Crippen molar-refractivity contribution < 1.29 is 4.39 Å². The first kappa shape index (κ1) is 12.1. The monoisotopic (exact) mass is 210 g/mol. The topological polar surface area (TPSA) is 24.9 Å². The lowest BCUT2D eigenvalue weighted by Gasteiger charge is -2.28. The molecule has 1 N–H and O–H groups in total. The smallest absolute Gasteiger partial charge is 0.145 e. The standard InChI is InChI=1S/C12H19FN2/c1-9(14-4)7-12(2,3)10-5-6-15-8-11(10)13/h5-6,8-9,14H,7H2,1-4H3. The summed E-state index contributed by atoms with van der Waals surface area (Å²) in [5.74, 6) is -0.217. The van der Waals surface area contributed by atoms with E-state index in [4.69, 9.17) is 0 Å². The number of hydrogen-bond acceptors (Lipinski definition) is 2. The van der Waals surface area contributed by atoms with Crippen molar-refractivity contribution in [1.29, 1.82) is 0 Å². The van der Waals surface area contributed by atoms with Crippen LogP contribution in [0.1, 0.15) is 32.8 Å². The minimum atomic E-state index is -0.217. The Morgan fingerprint density at radius 1 is 1.53 bits per heavy atom. The number of aromatic nitrogens is 1. The fourth-order valence-electron chi connectivity index (χ4n) is 1.90. The molecule has 3 heteroatoms. The van der Waals surface area contributed by atoms with Gasteiger partial charge in [0.15, 0.2) is 0 Å². The largest absolute Gasteiger partial charge is 0.317 e. The molecular formula is C12H19FN2. The van der Waals surface area contributed by atoms with Crippen molar-refractivity contribution in [3.63, 3.8) is 0 Å². The third-order valence-corrected chi connectivity index (χ3v) is 2.81. The SMILES string of the molecule is CNC(C)CC(C)(C)c1ccncc1F. The summed E-state index contributed by atoms with van der Waals surface area (Å²) in [5.41, 5.74) is 0.565. The van der Waals surface area contributed by atoms with Crippen LogP contribution in [-0.2, 0) is 5.41 Å². The van der Waals surface area contributed by atoms with Crippen molar-refractivity contribution in [1.82, 2.24) is 10.3 Å². The van der Waals surface area contributed by atoms with Crippen molar-refractivity contribution >= 4 is 0 Å². The zero-order valence-corrected chi connectivity index (χ0v) is 9.84. The van der Waals surface area contributed by atoms with Gasteiger partial charge in [-0.25, -0.2) is 4.39 Å². The van der Waals surface area contributed by atoms with E-state index in [9.17, 15) is 4.39 Å². The molecule has 84 valence electrons. The highest BCUT2D eigenvalue weighted by Crippen LogP contribution is 2.29. The lowest BCUT2D eigenvalue weighted by atomic mass is 9.79. The Balaban J connectivity index is 2.90. The second-order valence-corrected chi connectivity index (χ2v) is 4.63. The molecule has 1 unspecified atom stereocenters. The highest BCUT2D eigenvalue weighted by molar-refractivity contribution is 5.22. The van der Waals surface area contributed by atoms with E-state index in [1.54, 1.807) is 12.3 Å². The number of nitrogens with one attached hydrogen (secondary N) is 1. The van der Waals surface area contributed by atoms with Crippen LogP contribution in [0.15, 0.2) is 18.5 Å². The number of halogens is 1. The van der Waals surface area contributed by atoms with Crippen LogP contribution in [0, 0.1) is 5.82 Å². The predicted octanol–water partition coefficient (Wildman–Crippen LogP) is 2.50. The van der Waals surface area contributed by atoms with Crippen LogP contribution in [-0.4, -0.2) is 18.1 Å². The summed E-state index contributed by atoms with van der Waals surface area (Å²) in [4.78, 5) is 3.77. The van der Waals surface area contributed by atoms with Crippen LogP contribution in [0.2, 0.25) is 0 Å². The molecule has 1 heterocycles. The van der Waals surface area contributed by atoms with Gasteiger partial charge in [0.05, 0.1) is 6.20 Å². The van der Waals surface area contributed by atoms with Crippen LogP contribution >= 0.6 is 0 Å². The van der Waals surface area contributed by atoms with Gasteiger partial charge in [-0.3, -0.25) is 4.98 Å². The molecule has 1 aromatic heterocycles. The molecule has 0 saturated carbocycles. The lowest BCUT2D eigenvalue weighted by molar-refractivity contribution is 0.390. The third-order valence-electron chi connectivity index (χ3n) is 2.81. The summed E-state index contributed by atoms with van der Waals surface area (Å²) in [7, 11) is 1.92. The van der Waals surface area contributed by atoms with Crippen LogP contribution in [0.25, 0.3) is 0 Å². The molecule has 0 aliphatic heterocycles. The predicted molar refractivity (Wildman–Crippen MR) is 60.4 cm³/mol. The van der Waals surface area contributed by atoms with Gasteiger partial charge in [0.25, 0.3) is 0 Å². The molecule has 0 amide bonds. The fourth-order valence-corrected chi connectivity index (χ4v) is 1.90. The molecule has 0 spiro atoms. The van der Waals surface area contributed by atoms with Crippen molar-refractivity contribution in [3.05, 3.63) is 29.8 Å². The van der Waals surface area contributed by atoms with E-state index < -0.39 is 0 Å². The van der Waals surface area contributed by atoms with E-state index >= 15 is 0 Å². The van der Waals surface area contributed by atoms with Gasteiger partial charge >= 0.3 is 0 Å². The number of rotatable bonds is 4. The van der Waals surface area contributed by atoms with E-state index in [0.717, 1.165) is 12.0 Å². The van der Waals surface area contributed by atoms with Gasteiger partial charge in [-0.1, -0.05) is 13.8 Å². The normalized spacial score (nSPS) is 13.9. The average molecular weight is 210 g/mol. The van der Waals surface area contributed by atoms with E-state index in [1.165, 1.54) is 6.20 Å². The molecule has 0 aromatic carbocycles. The van der Waals surface area contributed by atoms with Crippen molar-refractivity contribution in [2.24, 2.45) is 0 Å². The maximum absolute atomic E-state index is 13.6. The molecular weight excluding hydrogens is 191 g/mol. The maximum atomic E-state index is 13.6. The molecule has 0 bridgehead atoms. The van der Waals surface area contributed by atoms with E-state index in [1.807, 2.05) is 7.05 Å². The molecule has 1 aromatic rings. The van der Waals surface area contributed by atoms with E-state index in [0.29, 0.717) is 6.04 Å². The zero-order valence-electron chi connectivity index (χ0n) is 9.84. The minimum absolute atomic E-state index is 0.171. The number of hydrogen-bond donors (Lipinski definition) is 1. The Bertz CT molecular complexity index is 323. The lowest BCUT2D eigenvalue weighted by Crippen LogP contribution is -2.31. The first-order valence-corrected chi connectivity index (χ1v) is 5.24. The zero-order chi connectivity index (χ0) is 11.5. The Morgan fingerprint density at radius 2 is 2.20 bits per heavy atom. The molecule has 0 aliphatic carbocycles. The molecule has 15 heavy (non-hydrogen) atoms. The van der Waals surface area contributed by atoms with Crippen LogP contribution in [0.4, 0.5) is 4.39 Å². The minimum Gasteiger partial charge on any atom is -0.317 e. The Kier molecular flexibility index (Phi) is 3.80. The number of pyridine rings is 1. The van der Waals surface area contributed by atoms with Gasteiger partial charge in [-0.2, -0.15) is 0 Å². The maximum Gasteiger partial charge on any atom is 0.145 e. The first-order valence-electron chi connectivity index (χ1n) is 5.24. The third kappa shape index (κ3) is 2.99. The first-order chi connectivity index (χ1) is 6.97. The molecule has 1 atom stereocenters. The summed E-state index contributed by atoms with van der Waals surface area (Å²) < 4.78 is 13.6. The van der Waals surface area contributed by atoms with E-state index in [2.05, 4.69) is 31.1 Å². The van der Waals surface area contributed by atoms with Gasteiger partial charge in [0, 0.05) is 12.2 Å². The summed E-state index contributed by atoms with van der Waals surface area (Å²) in [5, 5.41) is 3.17. The second-order valence-electron chi connectivity index (χ2n) is 4.63. The highest BCUT2D eigenvalue weighted by Gasteiger charge is 2.25. The Hall–Kier alpha value is -0.960. The van der Waals surface area contributed by atoms with Gasteiger partial charge < -0.3 is 5.32 Å². The molecule has 0 radical (unpaired) electrons. The van der Waals surface area contributed by atoms with Gasteiger partial charge in [-0.15, -0.1) is 0 Å². The van der Waals surface area contributed by atoms with Crippen molar-refractivity contribution in [2.75, 3.05) is 7.05 Å². The van der Waals surface area contributed by atoms with Gasteiger partial charge in [0.1, 0.15) is 5.82 Å². The second kappa shape index (κ2) is 4.71. The Morgan fingerprint density at radius 3 is 2.73 bits per heavy atom. The quantitative estimate of drug-likeness (QED) is 0.826. The van der Waals surface area contributed by atoms with Crippen molar-refractivity contribution in [2.45, 2.75) is 38.6 Å². The molecule has 0 aliphatic rings. The molecule has 0 saturated heterocycles. The molecule has 0 fully saturated rings. The van der Waals surface area contributed by atoms with Crippen molar-refractivity contribution in [3.8, 4) is 0 Å². The summed E-state index contributed by atoms with van der Waals surface area (Å²) in [6, 6.07) is 2.13. The van der Waals surface area contributed by atoms with Crippen LogP contribution < -0.4 is 5.32 Å². The molecule has 2 nitrogen and oxygen atoms in total. The van der Waals surface area contributed by atoms with Crippen LogP contribution in [0.3, 0.4) is 0 Å².